The molecule has 1 rings (SSSR count). The summed E-state index contributed by atoms with van der Waals surface area (Å²) in [6, 6.07) is 0. The van der Waals surface area contributed by atoms with Crippen LogP contribution in [0.25, 0.3) is 0 Å². The van der Waals surface area contributed by atoms with Gasteiger partial charge < -0.3 is 4.90 Å². The highest BCUT2D eigenvalue weighted by Crippen LogP contribution is 2.09. The molecule has 1 aliphatic heterocycles. The lowest BCUT2D eigenvalue weighted by atomic mass is 10.3. The summed E-state index contributed by atoms with van der Waals surface area (Å²) in [7, 11) is 0. The summed E-state index contributed by atoms with van der Waals surface area (Å²) in [5.41, 5.74) is 0.977. The van der Waals surface area contributed by atoms with Crippen LogP contribution in [-0.2, 0) is 4.79 Å². The third-order valence-corrected chi connectivity index (χ3v) is 1.65. The number of allylic oxidation sites excluding steroid dienone is 2. The van der Waals surface area contributed by atoms with Gasteiger partial charge in [-0.1, -0.05) is 12.2 Å². The van der Waals surface area contributed by atoms with Crippen molar-refractivity contribution in [1.29, 1.82) is 0 Å². The molecule has 0 saturated carbocycles. The Morgan fingerprint density at radius 3 is 2.91 bits per heavy atom. The van der Waals surface area contributed by atoms with Crippen molar-refractivity contribution in [3.05, 3.63) is 24.4 Å². The van der Waals surface area contributed by atoms with Gasteiger partial charge >= 0.3 is 0 Å². The number of hydrogen-bond acceptors (Lipinski definition) is 1. The molecule has 1 amide bonds. The zero-order valence-electron chi connectivity index (χ0n) is 6.84. The maximum atomic E-state index is 11.0. The number of rotatable bonds is 2. The van der Waals surface area contributed by atoms with Gasteiger partial charge in [-0.05, 0) is 19.4 Å². The molecule has 0 aliphatic carbocycles. The van der Waals surface area contributed by atoms with Crippen molar-refractivity contribution >= 4 is 5.91 Å². The van der Waals surface area contributed by atoms with Gasteiger partial charge in [-0.3, -0.25) is 4.79 Å². The van der Waals surface area contributed by atoms with Gasteiger partial charge in [-0.2, -0.15) is 0 Å². The molecule has 0 bridgehead atoms. The maximum absolute atomic E-state index is 11.0. The Balaban J connectivity index is 2.48. The average molecular weight is 151 g/mol. The molecule has 1 fully saturated rings. The van der Waals surface area contributed by atoms with E-state index >= 15 is 0 Å². The Labute approximate surface area is 67.2 Å². The van der Waals surface area contributed by atoms with E-state index in [0.29, 0.717) is 6.42 Å². The number of amides is 1. The van der Waals surface area contributed by atoms with E-state index in [2.05, 4.69) is 6.58 Å². The van der Waals surface area contributed by atoms with Crippen LogP contribution in [0.4, 0.5) is 0 Å². The van der Waals surface area contributed by atoms with Gasteiger partial charge in [0, 0.05) is 19.2 Å². The van der Waals surface area contributed by atoms with Crippen LogP contribution in [0.2, 0.25) is 0 Å². The first-order valence-corrected chi connectivity index (χ1v) is 3.83. The third kappa shape index (κ3) is 2.22. The van der Waals surface area contributed by atoms with Crippen molar-refractivity contribution in [2.24, 2.45) is 0 Å². The Morgan fingerprint density at radius 2 is 2.45 bits per heavy atom. The molecule has 1 heterocycles. The normalized spacial score (nSPS) is 18.3. The van der Waals surface area contributed by atoms with Crippen molar-refractivity contribution in [3.8, 4) is 0 Å². The fourth-order valence-corrected chi connectivity index (χ4v) is 1.04. The quantitative estimate of drug-likeness (QED) is 0.550. The molecule has 2 heteroatoms. The predicted molar refractivity (Wildman–Crippen MR) is 44.9 cm³/mol. The third-order valence-electron chi connectivity index (χ3n) is 1.65. The summed E-state index contributed by atoms with van der Waals surface area (Å²) in [6.07, 6.45) is 5.36. The van der Waals surface area contributed by atoms with Gasteiger partial charge in [0.05, 0.1) is 0 Å². The molecule has 0 radical (unpaired) electrons. The minimum atomic E-state index is 0.225. The van der Waals surface area contributed by atoms with Gasteiger partial charge in [0.1, 0.15) is 0 Å². The van der Waals surface area contributed by atoms with Crippen molar-refractivity contribution in [3.63, 3.8) is 0 Å². The molecule has 0 unspecified atom stereocenters. The van der Waals surface area contributed by atoms with Crippen LogP contribution in [0.3, 0.4) is 0 Å². The van der Waals surface area contributed by atoms with Crippen LogP contribution in [0.15, 0.2) is 24.4 Å². The molecule has 11 heavy (non-hydrogen) atoms. The van der Waals surface area contributed by atoms with E-state index in [0.717, 1.165) is 18.5 Å². The first-order chi connectivity index (χ1) is 5.20. The molecule has 2 nitrogen and oxygen atoms in total. The molecule has 1 aliphatic rings. The van der Waals surface area contributed by atoms with E-state index < -0.39 is 0 Å². The molecule has 0 atom stereocenters. The summed E-state index contributed by atoms with van der Waals surface area (Å²) in [5.74, 6) is 0.225. The minimum Gasteiger partial charge on any atom is -0.319 e. The molecular weight excluding hydrogens is 138 g/mol. The second kappa shape index (κ2) is 3.37. The lowest BCUT2D eigenvalue weighted by Gasteiger charge is -2.07. The van der Waals surface area contributed by atoms with E-state index in [4.69, 9.17) is 0 Å². The van der Waals surface area contributed by atoms with Crippen LogP contribution < -0.4 is 0 Å². The highest BCUT2D eigenvalue weighted by molar-refractivity contribution is 5.79. The Hall–Kier alpha value is -1.05. The number of carbonyl (C=O) groups excluding carboxylic acids is 1. The van der Waals surface area contributed by atoms with E-state index in [1.807, 2.05) is 19.2 Å². The van der Waals surface area contributed by atoms with Crippen molar-refractivity contribution in [2.75, 3.05) is 6.54 Å². The Morgan fingerprint density at radius 1 is 1.73 bits per heavy atom. The number of hydrogen-bond donors (Lipinski definition) is 0. The average Bonchev–Trinajstić information content (AvgIpc) is 2.31. The minimum absolute atomic E-state index is 0.225. The second-order valence-electron chi connectivity index (χ2n) is 2.85. The first kappa shape index (κ1) is 8.05. The summed E-state index contributed by atoms with van der Waals surface area (Å²) >= 11 is 0. The lowest BCUT2D eigenvalue weighted by molar-refractivity contribution is -0.125. The largest absolute Gasteiger partial charge is 0.319 e. The van der Waals surface area contributed by atoms with Gasteiger partial charge in [0.15, 0.2) is 0 Å². The fourth-order valence-electron chi connectivity index (χ4n) is 1.04. The topological polar surface area (TPSA) is 20.3 Å². The maximum Gasteiger partial charge on any atom is 0.226 e. The molecule has 0 aromatic carbocycles. The standard InChI is InChI=1S/C9H13NO/c1-8(2)5-7-10-6-3-4-9(10)11/h5,7H,1,3-4,6H2,2H3/b7-5+. The molecule has 1 saturated heterocycles. The van der Waals surface area contributed by atoms with E-state index in [9.17, 15) is 4.79 Å². The van der Waals surface area contributed by atoms with Crippen LogP contribution in [0.1, 0.15) is 19.8 Å². The van der Waals surface area contributed by atoms with Crippen molar-refractivity contribution in [1.82, 2.24) is 4.90 Å². The number of likely N-dealkylation sites (tertiary alicyclic amines) is 1. The van der Waals surface area contributed by atoms with E-state index in [1.165, 1.54) is 0 Å². The summed E-state index contributed by atoms with van der Waals surface area (Å²) in [6.45, 7) is 6.49. The Bertz CT molecular complexity index is 206. The van der Waals surface area contributed by atoms with Crippen LogP contribution in [-0.4, -0.2) is 17.4 Å². The molecular formula is C9H13NO. The molecule has 0 N–H and O–H groups in total. The monoisotopic (exact) mass is 151 g/mol. The van der Waals surface area contributed by atoms with Crippen molar-refractivity contribution < 1.29 is 4.79 Å². The first-order valence-electron chi connectivity index (χ1n) is 3.83. The summed E-state index contributed by atoms with van der Waals surface area (Å²) in [4.78, 5) is 12.8. The van der Waals surface area contributed by atoms with E-state index in [1.54, 1.807) is 4.90 Å². The zero-order valence-corrected chi connectivity index (χ0v) is 6.84. The summed E-state index contributed by atoms with van der Waals surface area (Å²) in [5, 5.41) is 0. The number of carbonyl (C=O) groups is 1. The van der Waals surface area contributed by atoms with Crippen LogP contribution in [0, 0.1) is 0 Å². The van der Waals surface area contributed by atoms with E-state index in [-0.39, 0.29) is 5.91 Å². The van der Waals surface area contributed by atoms with Crippen molar-refractivity contribution in [2.45, 2.75) is 19.8 Å². The smallest absolute Gasteiger partial charge is 0.226 e. The van der Waals surface area contributed by atoms with Crippen LogP contribution in [0.5, 0.6) is 0 Å². The number of nitrogens with zero attached hydrogens (tertiary/aromatic N) is 1. The fraction of sp³-hybridized carbons (Fsp3) is 0.444. The Kier molecular flexibility index (Phi) is 2.47. The second-order valence-corrected chi connectivity index (χ2v) is 2.85. The lowest BCUT2D eigenvalue weighted by Crippen LogP contribution is -2.17. The van der Waals surface area contributed by atoms with Gasteiger partial charge in [-0.25, -0.2) is 0 Å². The zero-order chi connectivity index (χ0) is 8.27. The predicted octanol–water partition coefficient (Wildman–Crippen LogP) is 1.70. The van der Waals surface area contributed by atoms with Gasteiger partial charge in [0.25, 0.3) is 0 Å². The SMILES string of the molecule is C=C(C)/C=C/N1CCCC1=O. The molecule has 0 aromatic heterocycles. The van der Waals surface area contributed by atoms with Gasteiger partial charge in [-0.15, -0.1) is 0 Å². The molecule has 0 spiro atoms. The van der Waals surface area contributed by atoms with Crippen LogP contribution >= 0.6 is 0 Å². The highest BCUT2D eigenvalue weighted by Gasteiger charge is 2.16. The molecule has 0 aromatic rings. The highest BCUT2D eigenvalue weighted by atomic mass is 16.2. The molecule has 60 valence electrons. The van der Waals surface area contributed by atoms with Gasteiger partial charge in [0.2, 0.25) is 5.91 Å². The summed E-state index contributed by atoms with van der Waals surface area (Å²) < 4.78 is 0.